The third kappa shape index (κ3) is 3.33. The number of nitrogens with one attached hydrogen (secondary N) is 1. The lowest BCUT2D eigenvalue weighted by molar-refractivity contribution is -0.705. The highest BCUT2D eigenvalue weighted by Gasteiger charge is 2.23. The Morgan fingerprint density at radius 3 is 2.59 bits per heavy atom. The summed E-state index contributed by atoms with van der Waals surface area (Å²) in [6.07, 6.45) is 3.33. The standard InChI is InChI=1S/C23H22N4O2/c1-3-27-20-9-5-4-8-18(20)19-13-17(10-11-21(19)27)25-23(29)15(2)26-12-6-7-16(14-26)22(24)28/h4-15H,3H2,1-2H3,(H2-,24,25,28,29)/p+1/t15-/m1/s1. The van der Waals surface area contributed by atoms with E-state index in [0.29, 0.717) is 5.56 Å². The van der Waals surface area contributed by atoms with E-state index in [2.05, 4.69) is 28.9 Å². The monoisotopic (exact) mass is 387 g/mol. The number of carbonyl (C=O) groups is 2. The molecule has 6 nitrogen and oxygen atoms in total. The highest BCUT2D eigenvalue weighted by molar-refractivity contribution is 6.09. The van der Waals surface area contributed by atoms with Crippen molar-refractivity contribution in [1.82, 2.24) is 4.57 Å². The van der Waals surface area contributed by atoms with Crippen LogP contribution in [0.1, 0.15) is 30.2 Å². The van der Waals surface area contributed by atoms with Crippen LogP contribution in [0.3, 0.4) is 0 Å². The van der Waals surface area contributed by atoms with Crippen molar-refractivity contribution in [2.75, 3.05) is 5.32 Å². The van der Waals surface area contributed by atoms with E-state index in [0.717, 1.165) is 28.5 Å². The Morgan fingerprint density at radius 1 is 1.07 bits per heavy atom. The molecule has 4 rings (SSSR count). The zero-order valence-corrected chi connectivity index (χ0v) is 16.4. The maximum absolute atomic E-state index is 12.8. The smallest absolute Gasteiger partial charge is 0.293 e. The molecule has 3 N–H and O–H groups in total. The molecular formula is C23H23N4O2+. The Morgan fingerprint density at radius 2 is 1.83 bits per heavy atom. The Balaban J connectivity index is 1.65. The van der Waals surface area contributed by atoms with Gasteiger partial charge in [-0.1, -0.05) is 18.2 Å². The number of anilines is 1. The number of carbonyl (C=O) groups excluding carboxylic acids is 2. The number of hydrogen-bond donors (Lipinski definition) is 2. The van der Waals surface area contributed by atoms with Crippen LogP contribution in [0, 0.1) is 0 Å². The fourth-order valence-electron chi connectivity index (χ4n) is 3.73. The lowest BCUT2D eigenvalue weighted by Gasteiger charge is -2.10. The maximum atomic E-state index is 12.8. The largest absolute Gasteiger partial charge is 0.365 e. The molecule has 2 heterocycles. The summed E-state index contributed by atoms with van der Waals surface area (Å²) in [6.45, 7) is 4.78. The lowest BCUT2D eigenvalue weighted by Crippen LogP contribution is -2.44. The Kier molecular flexibility index (Phi) is 4.76. The number of amides is 2. The van der Waals surface area contributed by atoms with Gasteiger partial charge >= 0.3 is 0 Å². The van der Waals surface area contributed by atoms with Gasteiger partial charge in [-0.15, -0.1) is 0 Å². The summed E-state index contributed by atoms with van der Waals surface area (Å²) in [5.41, 5.74) is 8.76. The number of fused-ring (bicyclic) bond motifs is 3. The fourth-order valence-corrected chi connectivity index (χ4v) is 3.73. The summed E-state index contributed by atoms with van der Waals surface area (Å²) >= 11 is 0. The van der Waals surface area contributed by atoms with E-state index < -0.39 is 11.9 Å². The zero-order valence-electron chi connectivity index (χ0n) is 16.4. The lowest BCUT2D eigenvalue weighted by atomic mass is 10.1. The van der Waals surface area contributed by atoms with Crippen molar-refractivity contribution in [3.8, 4) is 0 Å². The van der Waals surface area contributed by atoms with Crippen LogP contribution in [0.2, 0.25) is 0 Å². The Labute approximate surface area is 168 Å². The van der Waals surface area contributed by atoms with Crippen molar-refractivity contribution in [1.29, 1.82) is 0 Å². The molecule has 29 heavy (non-hydrogen) atoms. The van der Waals surface area contributed by atoms with E-state index in [9.17, 15) is 9.59 Å². The van der Waals surface area contributed by atoms with Gasteiger partial charge < -0.3 is 15.6 Å². The van der Waals surface area contributed by atoms with Crippen molar-refractivity contribution >= 4 is 39.3 Å². The van der Waals surface area contributed by atoms with Crippen LogP contribution < -0.4 is 15.6 Å². The first-order chi connectivity index (χ1) is 14.0. The van der Waals surface area contributed by atoms with Gasteiger partial charge in [0.15, 0.2) is 12.4 Å². The first-order valence-corrected chi connectivity index (χ1v) is 9.62. The van der Waals surface area contributed by atoms with Gasteiger partial charge in [0.05, 0.1) is 0 Å². The molecule has 1 atom stereocenters. The van der Waals surface area contributed by atoms with Gasteiger partial charge in [0.25, 0.3) is 11.8 Å². The molecule has 0 aliphatic heterocycles. The molecule has 0 spiro atoms. The Bertz CT molecular complexity index is 1240. The first kappa shape index (κ1) is 18.7. The van der Waals surface area contributed by atoms with Crippen molar-refractivity contribution in [3.63, 3.8) is 0 Å². The molecular weight excluding hydrogens is 364 g/mol. The average molecular weight is 387 g/mol. The number of rotatable bonds is 5. The number of hydrogen-bond acceptors (Lipinski definition) is 2. The Hall–Kier alpha value is -3.67. The van der Waals surface area contributed by atoms with Crippen LogP contribution in [-0.4, -0.2) is 16.4 Å². The number of primary amides is 1. The SMILES string of the molecule is CCn1c2ccccc2c2cc(NC(=O)[C@@H](C)[n+]3cccc(C(N)=O)c3)ccc21. The van der Waals surface area contributed by atoms with Crippen molar-refractivity contribution < 1.29 is 14.2 Å². The van der Waals surface area contributed by atoms with Gasteiger partial charge in [-0.3, -0.25) is 9.59 Å². The van der Waals surface area contributed by atoms with Crippen LogP contribution in [0.25, 0.3) is 21.8 Å². The molecule has 2 amide bonds. The molecule has 0 aliphatic carbocycles. The summed E-state index contributed by atoms with van der Waals surface area (Å²) in [5, 5.41) is 5.26. The van der Waals surface area contributed by atoms with E-state index in [1.807, 2.05) is 30.3 Å². The summed E-state index contributed by atoms with van der Waals surface area (Å²) in [5.74, 6) is -0.695. The van der Waals surface area contributed by atoms with E-state index in [1.54, 1.807) is 36.0 Å². The van der Waals surface area contributed by atoms with Crippen LogP contribution in [0.15, 0.2) is 67.0 Å². The number of para-hydroxylation sites is 1. The summed E-state index contributed by atoms with van der Waals surface area (Å²) in [4.78, 5) is 24.2. The van der Waals surface area contributed by atoms with E-state index >= 15 is 0 Å². The maximum Gasteiger partial charge on any atom is 0.293 e. The number of benzene rings is 2. The minimum Gasteiger partial charge on any atom is -0.365 e. The molecule has 2 aromatic carbocycles. The number of aryl methyl sites for hydroxylation is 1. The normalized spacial score (nSPS) is 12.2. The topological polar surface area (TPSA) is 81.0 Å². The molecule has 2 aromatic heterocycles. The van der Waals surface area contributed by atoms with Gasteiger partial charge in [0.2, 0.25) is 6.04 Å². The van der Waals surface area contributed by atoms with Crippen LogP contribution in [0.5, 0.6) is 0 Å². The second-order valence-corrected chi connectivity index (χ2v) is 7.06. The number of pyridine rings is 1. The summed E-state index contributed by atoms with van der Waals surface area (Å²) < 4.78 is 3.95. The second-order valence-electron chi connectivity index (χ2n) is 7.06. The third-order valence-corrected chi connectivity index (χ3v) is 5.29. The van der Waals surface area contributed by atoms with E-state index in [1.165, 1.54) is 5.52 Å². The second kappa shape index (κ2) is 7.39. The summed E-state index contributed by atoms with van der Waals surface area (Å²) in [7, 11) is 0. The highest BCUT2D eigenvalue weighted by Crippen LogP contribution is 2.31. The predicted octanol–water partition coefficient (Wildman–Crippen LogP) is 3.40. The fraction of sp³-hybridized carbons (Fsp3) is 0.174. The number of nitrogens with two attached hydrogens (primary N) is 1. The molecule has 4 aromatic rings. The van der Waals surface area contributed by atoms with Crippen molar-refractivity contribution in [3.05, 3.63) is 72.6 Å². The average Bonchev–Trinajstić information content (AvgIpc) is 3.06. The van der Waals surface area contributed by atoms with E-state index in [-0.39, 0.29) is 5.91 Å². The van der Waals surface area contributed by atoms with E-state index in [4.69, 9.17) is 5.73 Å². The minimum absolute atomic E-state index is 0.171. The highest BCUT2D eigenvalue weighted by atomic mass is 16.2. The molecule has 0 aliphatic rings. The van der Waals surface area contributed by atoms with Crippen LogP contribution >= 0.6 is 0 Å². The molecule has 0 saturated carbocycles. The molecule has 0 fully saturated rings. The molecule has 6 heteroatoms. The summed E-state index contributed by atoms with van der Waals surface area (Å²) in [6, 6.07) is 17.1. The molecule has 0 saturated heterocycles. The third-order valence-electron chi connectivity index (χ3n) is 5.29. The molecule has 146 valence electrons. The van der Waals surface area contributed by atoms with Gasteiger partial charge in [-0.05, 0) is 37.3 Å². The predicted molar refractivity (Wildman–Crippen MR) is 114 cm³/mol. The van der Waals surface area contributed by atoms with Crippen LogP contribution in [-0.2, 0) is 11.3 Å². The quantitative estimate of drug-likeness (QED) is 0.515. The molecule has 0 unspecified atom stereocenters. The molecule has 0 radical (unpaired) electrons. The van der Waals surface area contributed by atoms with Gasteiger partial charge in [0.1, 0.15) is 5.56 Å². The van der Waals surface area contributed by atoms with Crippen molar-refractivity contribution in [2.45, 2.75) is 26.4 Å². The van der Waals surface area contributed by atoms with Crippen molar-refractivity contribution in [2.24, 2.45) is 5.73 Å². The number of nitrogens with zero attached hydrogens (tertiary/aromatic N) is 2. The van der Waals surface area contributed by atoms with Gasteiger partial charge in [-0.25, -0.2) is 0 Å². The van der Waals surface area contributed by atoms with Gasteiger partial charge in [0, 0.05) is 47.0 Å². The molecule has 0 bridgehead atoms. The first-order valence-electron chi connectivity index (χ1n) is 9.62. The minimum atomic E-state index is -0.523. The van der Waals surface area contributed by atoms with Crippen LogP contribution in [0.4, 0.5) is 5.69 Å². The van der Waals surface area contributed by atoms with Gasteiger partial charge in [-0.2, -0.15) is 4.57 Å². The number of aromatic nitrogens is 2. The zero-order chi connectivity index (χ0) is 20.5.